The Morgan fingerprint density at radius 1 is 1.03 bits per heavy atom. The summed E-state index contributed by atoms with van der Waals surface area (Å²) in [6.07, 6.45) is -3.96. The maximum atomic E-state index is 13.9. The van der Waals surface area contributed by atoms with Crippen molar-refractivity contribution in [3.05, 3.63) is 77.1 Å². The standard InChI is InChI=1S/C26H23F3N2O3/c1-15-25(23(33)31(30-15)18-10-5-4-6-11-18)22(16-8-7-9-17(12-16)26(27,28)29)21-19(32)13-24(2,3)14-20(21)34-25/h4-12,22H,13-14H2,1-3H3/t22-,25-/m0/s1. The molecule has 2 atom stereocenters. The second-order valence-corrected chi connectivity index (χ2v) is 9.81. The molecule has 2 heterocycles. The molecule has 1 amide bonds. The predicted molar refractivity (Wildman–Crippen MR) is 120 cm³/mol. The first-order valence-corrected chi connectivity index (χ1v) is 11.0. The number of benzene rings is 2. The summed E-state index contributed by atoms with van der Waals surface area (Å²) in [6, 6.07) is 13.5. The lowest BCUT2D eigenvalue weighted by Gasteiger charge is -2.31. The summed E-state index contributed by atoms with van der Waals surface area (Å²) in [5.41, 5.74) is -1.69. The number of allylic oxidation sites excluding steroid dienone is 1. The van der Waals surface area contributed by atoms with Crippen molar-refractivity contribution in [1.82, 2.24) is 0 Å². The third-order valence-electron chi connectivity index (χ3n) is 6.70. The molecule has 2 aromatic carbocycles. The molecule has 2 aromatic rings. The van der Waals surface area contributed by atoms with Crippen LogP contribution >= 0.6 is 0 Å². The lowest BCUT2D eigenvalue weighted by molar-refractivity contribution is -0.137. The van der Waals surface area contributed by atoms with E-state index in [0.29, 0.717) is 23.6 Å². The van der Waals surface area contributed by atoms with Crippen molar-refractivity contribution in [2.45, 2.75) is 51.3 Å². The molecule has 5 nitrogen and oxygen atoms in total. The zero-order chi connectivity index (χ0) is 24.5. The molecule has 5 rings (SSSR count). The maximum Gasteiger partial charge on any atom is 0.416 e. The fraction of sp³-hybridized carbons (Fsp3) is 0.346. The lowest BCUT2D eigenvalue weighted by Crippen LogP contribution is -2.50. The summed E-state index contributed by atoms with van der Waals surface area (Å²) in [7, 11) is 0. The second-order valence-electron chi connectivity index (χ2n) is 9.81. The molecular weight excluding hydrogens is 445 g/mol. The second kappa shape index (κ2) is 7.29. The van der Waals surface area contributed by atoms with Crippen LogP contribution in [0, 0.1) is 5.41 Å². The average Bonchev–Trinajstić information content (AvgIpc) is 3.23. The molecule has 176 valence electrons. The van der Waals surface area contributed by atoms with E-state index in [1.54, 1.807) is 37.3 Å². The SMILES string of the molecule is CC1=NN(c2ccccc2)C(=O)[C@]12OC1=C(C(=O)CC(C)(C)C1)[C@@H]2c1cccc(C(F)(F)F)c1. The van der Waals surface area contributed by atoms with Gasteiger partial charge in [0.05, 0.1) is 22.9 Å². The molecule has 0 radical (unpaired) electrons. The monoisotopic (exact) mass is 468 g/mol. The highest BCUT2D eigenvalue weighted by molar-refractivity contribution is 6.24. The number of halogens is 3. The number of ketones is 1. The number of anilines is 1. The van der Waals surface area contributed by atoms with Gasteiger partial charge in [-0.2, -0.15) is 23.3 Å². The van der Waals surface area contributed by atoms with Gasteiger partial charge in [0, 0.05) is 18.4 Å². The molecule has 3 aliphatic rings. The largest absolute Gasteiger partial charge is 0.474 e. The molecule has 1 spiro atoms. The third-order valence-corrected chi connectivity index (χ3v) is 6.70. The molecule has 1 aliphatic carbocycles. The molecule has 0 unspecified atom stereocenters. The highest BCUT2D eigenvalue weighted by Crippen LogP contribution is 2.56. The zero-order valence-electron chi connectivity index (χ0n) is 18.9. The van der Waals surface area contributed by atoms with Crippen LogP contribution < -0.4 is 5.01 Å². The van der Waals surface area contributed by atoms with Gasteiger partial charge in [-0.05, 0) is 36.1 Å². The van der Waals surface area contributed by atoms with Gasteiger partial charge >= 0.3 is 6.18 Å². The van der Waals surface area contributed by atoms with Crippen LogP contribution in [0.3, 0.4) is 0 Å². The molecule has 0 fully saturated rings. The normalized spacial score (nSPS) is 26.1. The molecule has 2 aliphatic heterocycles. The molecule has 0 bridgehead atoms. The van der Waals surface area contributed by atoms with Crippen LogP contribution in [0.5, 0.6) is 0 Å². The number of carbonyl (C=O) groups excluding carboxylic acids is 2. The molecule has 0 saturated heterocycles. The van der Waals surface area contributed by atoms with Gasteiger partial charge in [-0.25, -0.2) is 0 Å². The van der Waals surface area contributed by atoms with E-state index in [9.17, 15) is 22.8 Å². The van der Waals surface area contributed by atoms with Gasteiger partial charge in [0.1, 0.15) is 5.76 Å². The van der Waals surface area contributed by atoms with Gasteiger partial charge < -0.3 is 4.74 Å². The zero-order valence-corrected chi connectivity index (χ0v) is 18.9. The van der Waals surface area contributed by atoms with Gasteiger partial charge in [-0.1, -0.05) is 50.2 Å². The minimum absolute atomic E-state index is 0.200. The van der Waals surface area contributed by atoms with Crippen molar-refractivity contribution in [3.63, 3.8) is 0 Å². The van der Waals surface area contributed by atoms with Crippen LogP contribution in [0.2, 0.25) is 0 Å². The Labute approximate surface area is 194 Å². The number of hydrogen-bond donors (Lipinski definition) is 0. The Kier molecular flexibility index (Phi) is 4.80. The summed E-state index contributed by atoms with van der Waals surface area (Å²) in [5, 5.41) is 5.67. The Morgan fingerprint density at radius 2 is 1.74 bits per heavy atom. The van der Waals surface area contributed by atoms with Gasteiger partial charge in [0.25, 0.3) is 5.91 Å². The van der Waals surface area contributed by atoms with Crippen molar-refractivity contribution in [3.8, 4) is 0 Å². The first-order valence-electron chi connectivity index (χ1n) is 11.0. The van der Waals surface area contributed by atoms with E-state index < -0.39 is 34.6 Å². The van der Waals surface area contributed by atoms with E-state index in [2.05, 4.69) is 5.10 Å². The number of ether oxygens (including phenoxy) is 1. The number of hydrogen-bond acceptors (Lipinski definition) is 4. The van der Waals surface area contributed by atoms with E-state index in [0.717, 1.165) is 12.1 Å². The Hall–Kier alpha value is -3.42. The topological polar surface area (TPSA) is 59.0 Å². The van der Waals surface area contributed by atoms with Gasteiger partial charge in [0.2, 0.25) is 5.60 Å². The van der Waals surface area contributed by atoms with Gasteiger partial charge in [0.15, 0.2) is 5.78 Å². The van der Waals surface area contributed by atoms with Gasteiger partial charge in [-0.15, -0.1) is 0 Å². The minimum atomic E-state index is -4.57. The fourth-order valence-corrected chi connectivity index (χ4v) is 5.22. The molecular formula is C26H23F3N2O3. The van der Waals surface area contributed by atoms with Crippen LogP contribution in [-0.4, -0.2) is 23.0 Å². The first-order chi connectivity index (χ1) is 15.9. The number of para-hydroxylation sites is 1. The quantitative estimate of drug-likeness (QED) is 0.575. The number of hydrazone groups is 1. The Morgan fingerprint density at radius 3 is 2.41 bits per heavy atom. The summed E-state index contributed by atoms with van der Waals surface area (Å²) >= 11 is 0. The van der Waals surface area contributed by atoms with E-state index in [1.807, 2.05) is 13.8 Å². The molecule has 0 saturated carbocycles. The van der Waals surface area contributed by atoms with Crippen molar-refractivity contribution in [2.24, 2.45) is 10.5 Å². The van der Waals surface area contributed by atoms with E-state index in [4.69, 9.17) is 4.74 Å². The van der Waals surface area contributed by atoms with Crippen molar-refractivity contribution in [1.29, 1.82) is 0 Å². The number of rotatable bonds is 2. The van der Waals surface area contributed by atoms with Crippen molar-refractivity contribution in [2.75, 3.05) is 5.01 Å². The van der Waals surface area contributed by atoms with Crippen LogP contribution in [-0.2, 0) is 20.5 Å². The van der Waals surface area contributed by atoms with Crippen LogP contribution in [0.1, 0.15) is 50.7 Å². The minimum Gasteiger partial charge on any atom is -0.474 e. The first kappa shape index (κ1) is 22.4. The number of nitrogens with zero attached hydrogens (tertiary/aromatic N) is 2. The predicted octanol–water partition coefficient (Wildman–Crippen LogP) is 5.62. The lowest BCUT2D eigenvalue weighted by atomic mass is 9.69. The maximum absolute atomic E-state index is 13.9. The number of carbonyl (C=O) groups is 2. The van der Waals surface area contributed by atoms with Crippen LogP contribution in [0.25, 0.3) is 0 Å². The summed E-state index contributed by atoms with van der Waals surface area (Å²) in [4.78, 5) is 27.3. The molecule has 34 heavy (non-hydrogen) atoms. The summed E-state index contributed by atoms with van der Waals surface area (Å²) < 4.78 is 47.0. The van der Waals surface area contributed by atoms with Crippen LogP contribution in [0.15, 0.2) is 71.0 Å². The number of Topliss-reactive ketones (excluding diaryl/α,β-unsaturated/α-hetero) is 1. The fourth-order valence-electron chi connectivity index (χ4n) is 5.22. The highest BCUT2D eigenvalue weighted by atomic mass is 19.4. The molecule has 8 heteroatoms. The van der Waals surface area contributed by atoms with E-state index in [-0.39, 0.29) is 23.3 Å². The average molecular weight is 468 g/mol. The number of alkyl halides is 3. The Bertz CT molecular complexity index is 1260. The Balaban J connectivity index is 1.70. The van der Waals surface area contributed by atoms with Gasteiger partial charge in [-0.3, -0.25) is 9.59 Å². The van der Waals surface area contributed by atoms with E-state index in [1.165, 1.54) is 17.1 Å². The molecule has 0 N–H and O–H groups in total. The molecule has 0 aromatic heterocycles. The third kappa shape index (κ3) is 3.27. The number of amides is 1. The smallest absolute Gasteiger partial charge is 0.416 e. The summed E-state index contributed by atoms with van der Waals surface area (Å²) in [5.74, 6) is -1.41. The highest BCUT2D eigenvalue weighted by Gasteiger charge is 2.65. The van der Waals surface area contributed by atoms with Crippen LogP contribution in [0.4, 0.5) is 18.9 Å². The van der Waals surface area contributed by atoms with Crippen molar-refractivity contribution >= 4 is 23.1 Å². The van der Waals surface area contributed by atoms with E-state index >= 15 is 0 Å². The summed E-state index contributed by atoms with van der Waals surface area (Å²) in [6.45, 7) is 5.47. The van der Waals surface area contributed by atoms with Crippen molar-refractivity contribution < 1.29 is 27.5 Å².